The molecular formula is CH8NO11P3. The van der Waals surface area contributed by atoms with Gasteiger partial charge in [-0.2, -0.15) is 8.62 Å². The van der Waals surface area contributed by atoms with E-state index in [0.717, 1.165) is 0 Å². The van der Waals surface area contributed by atoms with Crippen molar-refractivity contribution in [3.63, 3.8) is 0 Å². The van der Waals surface area contributed by atoms with E-state index in [1.54, 1.807) is 0 Å². The minimum Gasteiger partial charge on any atom is -0.372 e. The van der Waals surface area contributed by atoms with Crippen LogP contribution in [0.25, 0.3) is 0 Å². The van der Waals surface area contributed by atoms with Crippen LogP contribution in [0, 0.1) is 0 Å². The smallest absolute Gasteiger partial charge is 0.372 e. The first kappa shape index (κ1) is 18.3. The molecule has 98 valence electrons. The zero-order chi connectivity index (χ0) is 13.6. The van der Waals surface area contributed by atoms with E-state index in [4.69, 9.17) is 29.3 Å². The molecule has 1 amide bonds. The van der Waals surface area contributed by atoms with Crippen molar-refractivity contribution < 1.29 is 51.6 Å². The minimum absolute atomic E-state index is 0.250. The molecule has 0 bridgehead atoms. The lowest BCUT2D eigenvalue weighted by Gasteiger charge is -2.11. The second-order valence-electron chi connectivity index (χ2n) is 1.75. The zero-order valence-corrected chi connectivity index (χ0v) is 9.87. The summed E-state index contributed by atoms with van der Waals surface area (Å²) in [5, 5.41) is 0. The Morgan fingerprint density at radius 1 is 0.875 bits per heavy atom. The number of hydrogen-bond acceptors (Lipinski definition) is 6. The number of carbonyl (C=O) groups excluding carboxylic acids is 1. The highest BCUT2D eigenvalue weighted by Gasteiger charge is 2.38. The van der Waals surface area contributed by atoms with Crippen LogP contribution in [-0.4, -0.2) is 30.9 Å². The predicted octanol–water partition coefficient (Wildman–Crippen LogP) is -1.59. The van der Waals surface area contributed by atoms with E-state index in [0.29, 0.717) is 0 Å². The van der Waals surface area contributed by atoms with Gasteiger partial charge in [0.05, 0.1) is 0 Å². The van der Waals surface area contributed by atoms with Crippen LogP contribution in [-0.2, 0) is 27.1 Å². The largest absolute Gasteiger partial charge is 0.490 e. The van der Waals surface area contributed by atoms with Gasteiger partial charge >= 0.3 is 23.5 Å². The fourth-order valence-electron chi connectivity index (χ4n) is 0.284. The molecule has 16 heavy (non-hydrogen) atoms. The molecule has 0 spiro atoms. The molecule has 0 fully saturated rings. The van der Waals surface area contributed by atoms with Crippen LogP contribution in [0.3, 0.4) is 0 Å². The van der Waals surface area contributed by atoms with E-state index in [-0.39, 0.29) is 6.41 Å². The molecule has 0 aliphatic heterocycles. The van der Waals surface area contributed by atoms with Crippen LogP contribution >= 0.6 is 23.5 Å². The normalized spacial score (nSPS) is 12.6. The third-order valence-electron chi connectivity index (χ3n) is 0.419. The lowest BCUT2D eigenvalue weighted by atomic mass is 11.5. The van der Waals surface area contributed by atoms with Crippen LogP contribution in [0.5, 0.6) is 0 Å². The average Bonchev–Trinajstić information content (AvgIpc) is 1.73. The lowest BCUT2D eigenvalue weighted by Crippen LogP contribution is -1.91. The summed E-state index contributed by atoms with van der Waals surface area (Å²) < 4.78 is 36.4. The fraction of sp³-hybridized carbons (Fsp3) is 0. The highest BCUT2D eigenvalue weighted by atomic mass is 31.3. The van der Waals surface area contributed by atoms with Gasteiger partial charge in [0.1, 0.15) is 0 Å². The maximum Gasteiger partial charge on any atom is 0.490 e. The van der Waals surface area contributed by atoms with Crippen molar-refractivity contribution in [1.29, 1.82) is 0 Å². The number of rotatable bonds is 4. The van der Waals surface area contributed by atoms with Crippen molar-refractivity contribution >= 4 is 29.9 Å². The summed E-state index contributed by atoms with van der Waals surface area (Å²) in [4.78, 5) is 48.8. The van der Waals surface area contributed by atoms with Gasteiger partial charge in [-0.15, -0.1) is 0 Å². The van der Waals surface area contributed by atoms with Crippen LogP contribution in [0.2, 0.25) is 0 Å². The molecule has 0 aromatic rings. The predicted molar refractivity (Wildman–Crippen MR) is 46.3 cm³/mol. The molecule has 12 nitrogen and oxygen atoms in total. The maximum absolute atomic E-state index is 10.4. The topological polar surface area (TPSA) is 214 Å². The van der Waals surface area contributed by atoms with E-state index >= 15 is 0 Å². The summed E-state index contributed by atoms with van der Waals surface area (Å²) in [5.41, 5.74) is 4.17. The standard InChI is InChI=1S/CH3NO.H5O10P3/c2-1-3;1-11(2,3)9-13(7,8)10-12(4,5)6/h1H,(H2,2,3);(H,7,8)(H2,1,2,3)(H2,4,5,6). The monoisotopic (exact) mass is 303 g/mol. The number of phosphoric acid groups is 3. The second-order valence-corrected chi connectivity index (χ2v) is 5.95. The molecule has 0 rings (SSSR count). The van der Waals surface area contributed by atoms with Crippen molar-refractivity contribution in [2.45, 2.75) is 0 Å². The molecule has 15 heteroatoms. The summed E-state index contributed by atoms with van der Waals surface area (Å²) >= 11 is 0. The van der Waals surface area contributed by atoms with E-state index in [1.165, 1.54) is 0 Å². The van der Waals surface area contributed by atoms with Gasteiger partial charge in [0.25, 0.3) is 0 Å². The maximum atomic E-state index is 10.4. The Morgan fingerprint density at radius 2 is 1.06 bits per heavy atom. The summed E-state index contributed by atoms with van der Waals surface area (Å²) in [6.07, 6.45) is 0.250. The van der Waals surface area contributed by atoms with Gasteiger partial charge in [-0.1, -0.05) is 0 Å². The first-order valence-corrected chi connectivity index (χ1v) is 7.40. The number of nitrogens with two attached hydrogens (primary N) is 1. The quantitative estimate of drug-likeness (QED) is 0.257. The van der Waals surface area contributed by atoms with E-state index < -0.39 is 23.5 Å². The molecule has 0 aromatic carbocycles. The molecule has 0 heterocycles. The van der Waals surface area contributed by atoms with Crippen LogP contribution in [0.4, 0.5) is 0 Å². The molecule has 0 saturated carbocycles. The summed E-state index contributed by atoms with van der Waals surface area (Å²) in [5.74, 6) is 0. The van der Waals surface area contributed by atoms with Crippen molar-refractivity contribution in [3.05, 3.63) is 0 Å². The molecule has 0 aliphatic carbocycles. The second kappa shape index (κ2) is 6.58. The van der Waals surface area contributed by atoms with Gasteiger partial charge < -0.3 is 30.2 Å². The molecule has 0 saturated heterocycles. The lowest BCUT2D eigenvalue weighted by molar-refractivity contribution is -0.106. The van der Waals surface area contributed by atoms with Gasteiger partial charge in [0.15, 0.2) is 0 Å². The Balaban J connectivity index is 0. The first-order chi connectivity index (χ1) is 6.83. The van der Waals surface area contributed by atoms with Crippen molar-refractivity contribution in [2.75, 3.05) is 0 Å². The van der Waals surface area contributed by atoms with Gasteiger partial charge in [-0.3, -0.25) is 4.79 Å². The van der Waals surface area contributed by atoms with Gasteiger partial charge in [-0.25, -0.2) is 13.7 Å². The first-order valence-electron chi connectivity index (χ1n) is 2.85. The van der Waals surface area contributed by atoms with E-state index in [2.05, 4.69) is 14.4 Å². The minimum atomic E-state index is -5.46. The molecule has 0 radical (unpaired) electrons. The Kier molecular flexibility index (Phi) is 7.50. The van der Waals surface area contributed by atoms with Crippen LogP contribution < -0.4 is 5.73 Å². The number of amides is 1. The van der Waals surface area contributed by atoms with Gasteiger partial charge in [0.2, 0.25) is 6.41 Å². The molecule has 0 aliphatic rings. The Labute approximate surface area is 88.1 Å². The molecule has 0 aromatic heterocycles. The average molecular weight is 303 g/mol. The van der Waals surface area contributed by atoms with E-state index in [1.807, 2.05) is 0 Å². The third kappa shape index (κ3) is 16.3. The number of carbonyl (C=O) groups is 1. The number of primary amides is 1. The molecule has 0 atom stereocenters. The SMILES string of the molecule is NC=O.O=P(O)(O)OP(=O)(O)OP(=O)(O)O. The summed E-state index contributed by atoms with van der Waals surface area (Å²) in [7, 11) is -16.2. The summed E-state index contributed by atoms with van der Waals surface area (Å²) in [6, 6.07) is 0. The number of hydrogen-bond donors (Lipinski definition) is 6. The fourth-order valence-corrected chi connectivity index (χ4v) is 2.82. The molecule has 0 unspecified atom stereocenters. The Bertz CT molecular complexity index is 320. The highest BCUT2D eigenvalue weighted by Crippen LogP contribution is 2.64. The zero-order valence-electron chi connectivity index (χ0n) is 7.18. The van der Waals surface area contributed by atoms with Gasteiger partial charge in [0, 0.05) is 0 Å². The third-order valence-corrected chi connectivity index (χ3v) is 3.77. The highest BCUT2D eigenvalue weighted by molar-refractivity contribution is 7.66. The van der Waals surface area contributed by atoms with E-state index in [9.17, 15) is 13.7 Å². The summed E-state index contributed by atoms with van der Waals surface area (Å²) in [6.45, 7) is 0. The Morgan fingerprint density at radius 3 is 1.19 bits per heavy atom. The van der Waals surface area contributed by atoms with Crippen molar-refractivity contribution in [2.24, 2.45) is 5.73 Å². The Hall–Kier alpha value is -0.120. The van der Waals surface area contributed by atoms with Crippen molar-refractivity contribution in [3.8, 4) is 0 Å². The van der Waals surface area contributed by atoms with Crippen molar-refractivity contribution in [1.82, 2.24) is 0 Å². The molecular weight excluding hydrogens is 295 g/mol. The van der Waals surface area contributed by atoms with Crippen LogP contribution in [0.1, 0.15) is 0 Å². The van der Waals surface area contributed by atoms with Gasteiger partial charge in [-0.05, 0) is 0 Å². The van der Waals surface area contributed by atoms with Crippen LogP contribution in [0.15, 0.2) is 0 Å². The molecule has 7 N–H and O–H groups in total.